The van der Waals surface area contributed by atoms with Gasteiger partial charge in [0.15, 0.2) is 5.78 Å². The summed E-state index contributed by atoms with van der Waals surface area (Å²) in [5.41, 5.74) is 0.795. The number of nitrogens with zero attached hydrogens (tertiary/aromatic N) is 2. The lowest BCUT2D eigenvalue weighted by Crippen LogP contribution is -2.34. The predicted molar refractivity (Wildman–Crippen MR) is 101 cm³/mol. The molecule has 0 aliphatic carbocycles. The van der Waals surface area contributed by atoms with Gasteiger partial charge in [0.05, 0.1) is 13.2 Å². The molecule has 25 heavy (non-hydrogen) atoms. The highest BCUT2D eigenvalue weighted by atomic mass is 16.5. The molecule has 4 heteroatoms. The number of ketones is 1. The van der Waals surface area contributed by atoms with Gasteiger partial charge in [-0.15, -0.1) is 0 Å². The molecule has 0 spiro atoms. The Balaban J connectivity index is 1.38. The van der Waals surface area contributed by atoms with Gasteiger partial charge in [0.25, 0.3) is 0 Å². The first-order chi connectivity index (χ1) is 12.2. The van der Waals surface area contributed by atoms with E-state index in [4.69, 9.17) is 4.74 Å². The number of rotatable bonds is 8. The number of hydrogen-bond acceptors (Lipinski definition) is 4. The zero-order chi connectivity index (χ0) is 17.5. The molecule has 0 amide bonds. The Labute approximate surface area is 152 Å². The smallest absolute Gasteiger partial charge is 0.176 e. The number of hydrogen-bond donors (Lipinski definition) is 0. The molecule has 2 fully saturated rings. The summed E-state index contributed by atoms with van der Waals surface area (Å²) in [5, 5.41) is 0. The topological polar surface area (TPSA) is 32.8 Å². The number of carbonyl (C=O) groups is 1. The Bertz CT molecular complexity index is 537. The van der Waals surface area contributed by atoms with Crippen LogP contribution in [0.2, 0.25) is 0 Å². The third kappa shape index (κ3) is 5.55. The molecular formula is C21H32N2O2. The monoisotopic (exact) mass is 344 g/mol. The first-order valence-electron chi connectivity index (χ1n) is 9.95. The van der Waals surface area contributed by atoms with Crippen LogP contribution in [0.25, 0.3) is 0 Å². The van der Waals surface area contributed by atoms with Crippen LogP contribution in [-0.2, 0) is 0 Å². The van der Waals surface area contributed by atoms with Crippen LogP contribution < -0.4 is 4.74 Å². The molecule has 0 unspecified atom stereocenters. The second-order valence-corrected chi connectivity index (χ2v) is 7.51. The highest BCUT2D eigenvalue weighted by molar-refractivity contribution is 5.97. The van der Waals surface area contributed by atoms with E-state index in [0.717, 1.165) is 50.0 Å². The second-order valence-electron chi connectivity index (χ2n) is 7.51. The Morgan fingerprint density at radius 1 is 1.08 bits per heavy atom. The van der Waals surface area contributed by atoms with Gasteiger partial charge < -0.3 is 9.64 Å². The van der Waals surface area contributed by atoms with Gasteiger partial charge in [-0.3, -0.25) is 9.69 Å². The van der Waals surface area contributed by atoms with E-state index in [0.29, 0.717) is 6.54 Å². The summed E-state index contributed by atoms with van der Waals surface area (Å²) >= 11 is 0. The van der Waals surface area contributed by atoms with E-state index >= 15 is 0 Å². The minimum atomic E-state index is 0.219. The minimum absolute atomic E-state index is 0.219. The van der Waals surface area contributed by atoms with E-state index in [9.17, 15) is 4.79 Å². The first kappa shape index (κ1) is 18.4. The van der Waals surface area contributed by atoms with Crippen LogP contribution in [0.4, 0.5) is 0 Å². The van der Waals surface area contributed by atoms with Crippen molar-refractivity contribution in [2.75, 3.05) is 39.3 Å². The molecule has 2 saturated heterocycles. The van der Waals surface area contributed by atoms with E-state index in [-0.39, 0.29) is 5.78 Å². The van der Waals surface area contributed by atoms with Gasteiger partial charge in [0, 0.05) is 18.2 Å². The third-order valence-electron chi connectivity index (χ3n) is 5.54. The number of ether oxygens (including phenoxy) is 1. The number of carbonyl (C=O) groups excluding carboxylic acids is 1. The van der Waals surface area contributed by atoms with Gasteiger partial charge in [0.2, 0.25) is 0 Å². The molecule has 0 N–H and O–H groups in total. The fraction of sp³-hybridized carbons (Fsp3) is 0.667. The van der Waals surface area contributed by atoms with Crippen molar-refractivity contribution in [3.05, 3.63) is 29.8 Å². The van der Waals surface area contributed by atoms with Crippen molar-refractivity contribution in [3.8, 4) is 5.75 Å². The lowest BCUT2D eigenvalue weighted by Gasteiger charge is -2.25. The average Bonchev–Trinajstić information content (AvgIpc) is 3.05. The van der Waals surface area contributed by atoms with Gasteiger partial charge in [-0.1, -0.05) is 6.42 Å². The van der Waals surface area contributed by atoms with Crippen LogP contribution in [0.3, 0.4) is 0 Å². The maximum absolute atomic E-state index is 12.4. The number of benzene rings is 1. The summed E-state index contributed by atoms with van der Waals surface area (Å²) in [5.74, 6) is 1.08. The highest BCUT2D eigenvalue weighted by Crippen LogP contribution is 2.17. The van der Waals surface area contributed by atoms with Crippen LogP contribution in [0.1, 0.15) is 55.8 Å². The molecule has 2 heterocycles. The van der Waals surface area contributed by atoms with Crippen LogP contribution in [0, 0.1) is 0 Å². The van der Waals surface area contributed by atoms with E-state index < -0.39 is 0 Å². The van der Waals surface area contributed by atoms with Crippen molar-refractivity contribution in [3.63, 3.8) is 0 Å². The van der Waals surface area contributed by atoms with E-state index in [1.54, 1.807) is 0 Å². The summed E-state index contributed by atoms with van der Waals surface area (Å²) < 4.78 is 5.84. The molecule has 138 valence electrons. The third-order valence-corrected chi connectivity index (χ3v) is 5.54. The molecule has 1 atom stereocenters. The summed E-state index contributed by atoms with van der Waals surface area (Å²) in [6.45, 7) is 8.07. The molecule has 0 aromatic heterocycles. The average molecular weight is 344 g/mol. The van der Waals surface area contributed by atoms with Gasteiger partial charge in [-0.2, -0.15) is 0 Å². The molecule has 3 rings (SSSR count). The summed E-state index contributed by atoms with van der Waals surface area (Å²) in [6, 6.07) is 8.41. The molecule has 0 bridgehead atoms. The summed E-state index contributed by atoms with van der Waals surface area (Å²) in [4.78, 5) is 17.2. The maximum Gasteiger partial charge on any atom is 0.176 e. The van der Waals surface area contributed by atoms with E-state index in [1.807, 2.05) is 24.3 Å². The molecule has 2 aliphatic heterocycles. The Morgan fingerprint density at radius 2 is 1.84 bits per heavy atom. The van der Waals surface area contributed by atoms with Crippen LogP contribution in [0.5, 0.6) is 5.75 Å². The molecule has 1 aromatic carbocycles. The molecule has 0 radical (unpaired) electrons. The lowest BCUT2D eigenvalue weighted by molar-refractivity contribution is 0.0915. The fourth-order valence-electron chi connectivity index (χ4n) is 3.93. The standard InChI is InChI=1S/C21H32N2O2/c1-18-7-5-14-23(18)15-6-16-25-20-10-8-19(9-11-20)21(24)17-22-12-3-2-4-13-22/h8-11,18H,2-7,12-17H2,1H3/t18-/m0/s1. The molecule has 2 aliphatic rings. The van der Waals surface area contributed by atoms with Crippen molar-refractivity contribution < 1.29 is 9.53 Å². The van der Waals surface area contributed by atoms with Crippen molar-refractivity contribution in [2.24, 2.45) is 0 Å². The van der Waals surface area contributed by atoms with Gasteiger partial charge in [0.1, 0.15) is 5.75 Å². The van der Waals surface area contributed by atoms with Gasteiger partial charge in [-0.05, 0) is 82.9 Å². The number of piperidine rings is 1. The molecule has 1 aromatic rings. The Kier molecular flexibility index (Phi) is 6.88. The first-order valence-corrected chi connectivity index (χ1v) is 9.95. The van der Waals surface area contributed by atoms with Crippen molar-refractivity contribution >= 4 is 5.78 Å². The summed E-state index contributed by atoms with van der Waals surface area (Å²) in [7, 11) is 0. The van der Waals surface area contributed by atoms with E-state index in [2.05, 4.69) is 16.7 Å². The Morgan fingerprint density at radius 3 is 2.52 bits per heavy atom. The van der Waals surface area contributed by atoms with E-state index in [1.165, 1.54) is 38.6 Å². The van der Waals surface area contributed by atoms with Crippen LogP contribution in [0.15, 0.2) is 24.3 Å². The van der Waals surface area contributed by atoms with Crippen LogP contribution in [-0.4, -0.2) is 61.0 Å². The number of Topliss-reactive ketones (excluding diaryl/α,β-unsaturated/α-hetero) is 1. The maximum atomic E-state index is 12.4. The zero-order valence-corrected chi connectivity index (χ0v) is 15.6. The molecule has 0 saturated carbocycles. The SMILES string of the molecule is C[C@H]1CCCN1CCCOc1ccc(C(=O)CN2CCCCC2)cc1. The normalized spacial score (nSPS) is 22.2. The molecule has 4 nitrogen and oxygen atoms in total. The van der Waals surface area contributed by atoms with Crippen molar-refractivity contribution in [1.82, 2.24) is 9.80 Å². The zero-order valence-electron chi connectivity index (χ0n) is 15.6. The largest absolute Gasteiger partial charge is 0.494 e. The quantitative estimate of drug-likeness (QED) is 0.533. The van der Waals surface area contributed by atoms with Crippen molar-refractivity contribution in [1.29, 1.82) is 0 Å². The van der Waals surface area contributed by atoms with Crippen LogP contribution >= 0.6 is 0 Å². The van der Waals surface area contributed by atoms with Crippen molar-refractivity contribution in [2.45, 2.75) is 51.5 Å². The second kappa shape index (κ2) is 9.35. The van der Waals surface area contributed by atoms with Gasteiger partial charge >= 0.3 is 0 Å². The predicted octanol–water partition coefficient (Wildman–Crippen LogP) is 3.61. The molecular weight excluding hydrogens is 312 g/mol. The number of likely N-dealkylation sites (tertiary alicyclic amines) is 2. The lowest BCUT2D eigenvalue weighted by atomic mass is 10.1. The highest BCUT2D eigenvalue weighted by Gasteiger charge is 2.19. The fourth-order valence-corrected chi connectivity index (χ4v) is 3.93. The summed E-state index contributed by atoms with van der Waals surface area (Å²) in [6.07, 6.45) is 7.45. The minimum Gasteiger partial charge on any atom is -0.494 e. The Hall–Kier alpha value is -1.39. The van der Waals surface area contributed by atoms with Gasteiger partial charge in [-0.25, -0.2) is 0 Å².